The van der Waals surface area contributed by atoms with Crippen LogP contribution in [0.4, 0.5) is 0 Å². The molecule has 0 radical (unpaired) electrons. The van der Waals surface area contributed by atoms with E-state index in [0.29, 0.717) is 17.4 Å². The van der Waals surface area contributed by atoms with E-state index in [1.807, 2.05) is 21.1 Å². The first-order valence-electron chi connectivity index (χ1n) is 20.2. The number of carbonyl (C=O) groups excluding carboxylic acids is 2. The summed E-state index contributed by atoms with van der Waals surface area (Å²) >= 11 is 0. The molecule has 0 bridgehead atoms. The maximum absolute atomic E-state index is 12.6. The number of allylic oxidation sites excluding steroid dienone is 6. The van der Waals surface area contributed by atoms with Crippen molar-refractivity contribution in [1.29, 1.82) is 0 Å². The van der Waals surface area contributed by atoms with Crippen LogP contribution < -0.4 is 4.89 Å². The fourth-order valence-corrected chi connectivity index (χ4v) is 5.90. The van der Waals surface area contributed by atoms with Crippen LogP contribution in [0.3, 0.4) is 0 Å². The maximum atomic E-state index is 12.6. The van der Waals surface area contributed by atoms with Gasteiger partial charge in [-0.1, -0.05) is 121 Å². The van der Waals surface area contributed by atoms with E-state index in [4.69, 9.17) is 18.5 Å². The summed E-state index contributed by atoms with van der Waals surface area (Å²) in [7, 11) is 1.15. The Balaban J connectivity index is 4.46. The van der Waals surface area contributed by atoms with Gasteiger partial charge in [-0.25, -0.2) is 0 Å². The number of hydrogen-bond donors (Lipinski definition) is 0. The van der Waals surface area contributed by atoms with Crippen molar-refractivity contribution in [1.82, 2.24) is 0 Å². The van der Waals surface area contributed by atoms with Gasteiger partial charge in [-0.15, -0.1) is 0 Å². The predicted molar refractivity (Wildman–Crippen MR) is 208 cm³/mol. The molecule has 0 aromatic carbocycles. The van der Waals surface area contributed by atoms with E-state index in [1.165, 1.54) is 51.4 Å². The van der Waals surface area contributed by atoms with E-state index in [9.17, 15) is 19.0 Å². The highest BCUT2D eigenvalue weighted by atomic mass is 31.2. The van der Waals surface area contributed by atoms with E-state index in [0.717, 1.165) is 77.0 Å². The monoisotopic (exact) mass is 742 g/mol. The number of ether oxygens (including phenoxy) is 2. The lowest BCUT2D eigenvalue weighted by Crippen LogP contribution is -2.37. The third-order valence-electron chi connectivity index (χ3n) is 8.41. The summed E-state index contributed by atoms with van der Waals surface area (Å²) in [5.41, 5.74) is 0. The first-order chi connectivity index (χ1) is 24.5. The quantitative estimate of drug-likeness (QED) is 0.0156. The van der Waals surface area contributed by atoms with E-state index in [-0.39, 0.29) is 26.1 Å². The Morgan fingerprint density at radius 2 is 1.06 bits per heavy atom. The summed E-state index contributed by atoms with van der Waals surface area (Å²) in [4.78, 5) is 37.4. The lowest BCUT2D eigenvalue weighted by Gasteiger charge is -2.28. The second-order valence-corrected chi connectivity index (χ2v) is 16.1. The van der Waals surface area contributed by atoms with Gasteiger partial charge < -0.3 is 27.9 Å². The third-order valence-corrected chi connectivity index (χ3v) is 9.37. The Bertz CT molecular complexity index is 975. The summed E-state index contributed by atoms with van der Waals surface area (Å²) in [5, 5.41) is 0. The first-order valence-corrected chi connectivity index (χ1v) is 21.7. The minimum atomic E-state index is -4.62. The summed E-state index contributed by atoms with van der Waals surface area (Å²) in [6, 6.07) is 0. The molecule has 0 amide bonds. The molecule has 0 N–H and O–H groups in total. The number of quaternary nitrogens is 1. The Kier molecular flexibility index (Phi) is 32.8. The standard InChI is InChI=1S/C41H76NO8P/c1-6-8-10-12-14-16-18-20-21-22-24-26-28-30-32-34-41(44)50-39(38-49-51(45,46)48-36-35-42(3,4)5)37-47-40(43)33-31-29-27-25-23-19-17-15-13-11-9-7-2/h15-18,20-21,39H,6-14,19,22-38H2,1-5H3/b17-15+,18-16+,21-20+/t39-/m1/s1. The molecule has 2 atom stereocenters. The molecule has 0 spiro atoms. The number of likely N-dealkylation sites (N-methyl/N-ethyl adjacent to an activating group) is 1. The predicted octanol–water partition coefficient (Wildman–Crippen LogP) is 10.3. The first kappa shape index (κ1) is 49.2. The van der Waals surface area contributed by atoms with Crippen molar-refractivity contribution >= 4 is 19.8 Å². The minimum absolute atomic E-state index is 0.0357. The Morgan fingerprint density at radius 3 is 1.61 bits per heavy atom. The lowest BCUT2D eigenvalue weighted by molar-refractivity contribution is -0.870. The van der Waals surface area contributed by atoms with Crippen LogP contribution in [-0.2, 0) is 32.7 Å². The number of esters is 2. The number of rotatable bonds is 36. The fraction of sp³-hybridized carbons (Fsp3) is 0.805. The summed E-state index contributed by atoms with van der Waals surface area (Å²) in [5.74, 6) is -0.865. The van der Waals surface area contributed by atoms with Crippen LogP contribution >= 0.6 is 7.82 Å². The summed E-state index contributed by atoms with van der Waals surface area (Å²) in [6.07, 6.45) is 35.9. The maximum Gasteiger partial charge on any atom is 0.306 e. The van der Waals surface area contributed by atoms with Crippen molar-refractivity contribution in [2.75, 3.05) is 47.5 Å². The highest BCUT2D eigenvalue weighted by molar-refractivity contribution is 7.45. The van der Waals surface area contributed by atoms with Gasteiger partial charge in [0.15, 0.2) is 6.10 Å². The SMILES string of the molecule is CCCCC/C=C/CCCCCCCC(=O)OC[C@H](COP(=O)([O-])OCC[N+](C)(C)C)OC(=O)CCCCCCC/C=C/C=C/CCCCCC. The van der Waals surface area contributed by atoms with Gasteiger partial charge >= 0.3 is 11.9 Å². The molecular formula is C41H76NO8P. The molecule has 1 unspecified atom stereocenters. The van der Waals surface area contributed by atoms with E-state index < -0.39 is 32.5 Å². The molecule has 0 aliphatic carbocycles. The average molecular weight is 742 g/mol. The molecule has 298 valence electrons. The van der Waals surface area contributed by atoms with Crippen molar-refractivity contribution in [2.45, 2.75) is 168 Å². The Labute approximate surface area is 312 Å². The zero-order chi connectivity index (χ0) is 37.9. The van der Waals surface area contributed by atoms with Crippen LogP contribution in [-0.4, -0.2) is 70.0 Å². The Morgan fingerprint density at radius 1 is 0.608 bits per heavy atom. The smallest absolute Gasteiger partial charge is 0.306 e. The van der Waals surface area contributed by atoms with Crippen molar-refractivity contribution in [3.63, 3.8) is 0 Å². The molecule has 0 aliphatic heterocycles. The van der Waals surface area contributed by atoms with Gasteiger partial charge in [0.05, 0.1) is 27.7 Å². The number of hydrogen-bond acceptors (Lipinski definition) is 8. The van der Waals surface area contributed by atoms with Gasteiger partial charge in [-0.3, -0.25) is 14.2 Å². The normalized spacial score (nSPS) is 14.1. The molecule has 0 heterocycles. The van der Waals surface area contributed by atoms with Crippen LogP contribution in [0.15, 0.2) is 36.5 Å². The zero-order valence-corrected chi connectivity index (χ0v) is 34.2. The minimum Gasteiger partial charge on any atom is -0.756 e. The van der Waals surface area contributed by atoms with Crippen molar-refractivity contribution in [3.05, 3.63) is 36.5 Å². The molecule has 0 aromatic heterocycles. The number of unbranched alkanes of at least 4 members (excludes halogenated alkanes) is 17. The summed E-state index contributed by atoms with van der Waals surface area (Å²) < 4.78 is 33.8. The molecule has 51 heavy (non-hydrogen) atoms. The molecule has 0 saturated carbocycles. The van der Waals surface area contributed by atoms with Crippen LogP contribution in [0, 0.1) is 0 Å². The van der Waals surface area contributed by atoms with Gasteiger partial charge in [0.25, 0.3) is 7.82 Å². The second-order valence-electron chi connectivity index (χ2n) is 14.7. The van der Waals surface area contributed by atoms with E-state index in [1.54, 1.807) is 0 Å². The molecule has 0 rings (SSSR count). The third kappa shape index (κ3) is 37.8. The van der Waals surface area contributed by atoms with Crippen molar-refractivity contribution in [3.8, 4) is 0 Å². The summed E-state index contributed by atoms with van der Waals surface area (Å²) in [6.45, 7) is 4.14. The largest absolute Gasteiger partial charge is 0.756 e. The van der Waals surface area contributed by atoms with Gasteiger partial charge in [0.1, 0.15) is 19.8 Å². The fourth-order valence-electron chi connectivity index (χ4n) is 5.17. The molecule has 0 aliphatic rings. The van der Waals surface area contributed by atoms with E-state index in [2.05, 4.69) is 50.3 Å². The van der Waals surface area contributed by atoms with Crippen LogP contribution in [0.25, 0.3) is 0 Å². The van der Waals surface area contributed by atoms with Crippen molar-refractivity contribution in [2.24, 2.45) is 0 Å². The van der Waals surface area contributed by atoms with Crippen LogP contribution in [0.2, 0.25) is 0 Å². The van der Waals surface area contributed by atoms with Gasteiger partial charge in [0.2, 0.25) is 0 Å². The number of phosphoric ester groups is 1. The van der Waals surface area contributed by atoms with Gasteiger partial charge in [-0.05, 0) is 64.2 Å². The van der Waals surface area contributed by atoms with Gasteiger partial charge in [0, 0.05) is 12.8 Å². The highest BCUT2D eigenvalue weighted by Gasteiger charge is 2.21. The molecule has 9 nitrogen and oxygen atoms in total. The second kappa shape index (κ2) is 34.0. The average Bonchev–Trinajstić information content (AvgIpc) is 3.07. The topological polar surface area (TPSA) is 111 Å². The molecule has 0 aromatic rings. The molecule has 0 saturated heterocycles. The highest BCUT2D eigenvalue weighted by Crippen LogP contribution is 2.38. The number of phosphoric acid groups is 1. The van der Waals surface area contributed by atoms with Crippen LogP contribution in [0.1, 0.15) is 162 Å². The lowest BCUT2D eigenvalue weighted by atomic mass is 10.1. The number of nitrogens with zero attached hydrogens (tertiary/aromatic N) is 1. The van der Waals surface area contributed by atoms with Gasteiger partial charge in [-0.2, -0.15) is 0 Å². The number of carbonyl (C=O) groups is 2. The van der Waals surface area contributed by atoms with Crippen LogP contribution in [0.5, 0.6) is 0 Å². The van der Waals surface area contributed by atoms with E-state index >= 15 is 0 Å². The molecular weight excluding hydrogens is 665 g/mol. The zero-order valence-electron chi connectivity index (χ0n) is 33.3. The molecule has 10 heteroatoms. The van der Waals surface area contributed by atoms with Crippen molar-refractivity contribution < 1.29 is 42.1 Å². The Hall–Kier alpha value is -1.77. The molecule has 0 fully saturated rings.